The van der Waals surface area contributed by atoms with Crippen LogP contribution < -0.4 is 11.1 Å². The molecule has 4 rings (SSSR count). The van der Waals surface area contributed by atoms with Crippen LogP contribution in [-0.2, 0) is 11.8 Å². The number of aryl methyl sites for hydroxylation is 1. The van der Waals surface area contributed by atoms with Crippen molar-refractivity contribution in [3.63, 3.8) is 0 Å². The lowest BCUT2D eigenvalue weighted by atomic mass is 10.1. The molecule has 2 aromatic heterocycles. The number of amides is 1. The van der Waals surface area contributed by atoms with E-state index < -0.39 is 34.6 Å². The number of ether oxygens (including phenoxy) is 1. The molecule has 1 aromatic carbocycles. The number of carbonyl (C=O) groups is 1. The lowest BCUT2D eigenvalue weighted by Crippen LogP contribution is -2.19. The summed E-state index contributed by atoms with van der Waals surface area (Å²) in [6.07, 6.45) is 6.27. The second-order valence-corrected chi connectivity index (χ2v) is 7.87. The van der Waals surface area contributed by atoms with Crippen LogP contribution >= 0.6 is 11.6 Å². The molecule has 1 saturated heterocycles. The van der Waals surface area contributed by atoms with Crippen LogP contribution in [0, 0.1) is 17.5 Å². The Morgan fingerprint density at radius 2 is 1.91 bits per heavy atom. The van der Waals surface area contributed by atoms with E-state index in [0.717, 1.165) is 56.7 Å². The maximum atomic E-state index is 14.0. The van der Waals surface area contributed by atoms with E-state index in [4.69, 9.17) is 22.1 Å². The third-order valence-corrected chi connectivity index (χ3v) is 5.00. The Morgan fingerprint density at radius 3 is 2.58 bits per heavy atom. The smallest absolute Gasteiger partial charge is 0.274 e. The van der Waals surface area contributed by atoms with Crippen LogP contribution in [0.4, 0.5) is 18.9 Å². The zero-order chi connectivity index (χ0) is 24.0. The van der Waals surface area contributed by atoms with Gasteiger partial charge in [0.2, 0.25) is 0 Å². The van der Waals surface area contributed by atoms with Crippen LogP contribution in [0.2, 0.25) is 5.02 Å². The van der Waals surface area contributed by atoms with Gasteiger partial charge in [0, 0.05) is 37.5 Å². The van der Waals surface area contributed by atoms with E-state index in [1.165, 1.54) is 10.9 Å². The normalized spacial score (nSPS) is 15.9. The number of nitrogens with zero attached hydrogens (tertiary/aromatic N) is 3. The highest BCUT2D eigenvalue weighted by Crippen LogP contribution is 2.29. The van der Waals surface area contributed by atoms with Gasteiger partial charge in [-0.3, -0.25) is 9.48 Å². The number of aromatic nitrogens is 3. The van der Waals surface area contributed by atoms with Gasteiger partial charge < -0.3 is 15.8 Å². The standard InChI is InChI=1S/C16H10ClF3N4O.C6H13NO/c1-24-7-9(6-21-24)22-16(25)13-3-2-10(18)15(23-13)14-11(19)4-8(17)5-12(14)20;7-6-2-1-4-8-5-3-6/h2-7H,1H3,(H,22,25);6H,1-5,7H2/t;6-/m.1/s1. The summed E-state index contributed by atoms with van der Waals surface area (Å²) < 4.78 is 48.7. The van der Waals surface area contributed by atoms with Crippen molar-refractivity contribution in [3.8, 4) is 11.3 Å². The minimum absolute atomic E-state index is 0.176. The molecule has 11 heteroatoms. The molecular weight excluding hydrogens is 459 g/mol. The first-order chi connectivity index (χ1) is 15.7. The molecule has 1 amide bonds. The first-order valence-electron chi connectivity index (χ1n) is 10.2. The highest BCUT2D eigenvalue weighted by molar-refractivity contribution is 6.30. The molecule has 1 aliphatic rings. The SMILES string of the molecule is Cn1cc(NC(=O)c2ccc(F)c(-c3c(F)cc(Cl)cc3F)n2)cn1.N[C@@H]1CCCOCC1. The Morgan fingerprint density at radius 1 is 1.18 bits per heavy atom. The summed E-state index contributed by atoms with van der Waals surface area (Å²) in [5.74, 6) is -3.82. The van der Waals surface area contributed by atoms with Gasteiger partial charge in [0.1, 0.15) is 28.8 Å². The predicted octanol–water partition coefficient (Wildman–Crippen LogP) is 4.32. The minimum Gasteiger partial charge on any atom is -0.381 e. The number of carbonyl (C=O) groups excluding carboxylic acids is 1. The number of hydrogen-bond acceptors (Lipinski definition) is 5. The van der Waals surface area contributed by atoms with Crippen molar-refractivity contribution < 1.29 is 22.7 Å². The quantitative estimate of drug-likeness (QED) is 0.581. The predicted molar refractivity (Wildman–Crippen MR) is 118 cm³/mol. The molecule has 1 aliphatic heterocycles. The van der Waals surface area contributed by atoms with E-state index in [-0.39, 0.29) is 10.7 Å². The number of nitrogens with one attached hydrogen (secondary N) is 1. The molecule has 1 fully saturated rings. The highest BCUT2D eigenvalue weighted by atomic mass is 35.5. The Bertz CT molecular complexity index is 1090. The summed E-state index contributed by atoms with van der Waals surface area (Å²) in [6.45, 7) is 1.77. The van der Waals surface area contributed by atoms with E-state index in [0.29, 0.717) is 11.7 Å². The molecule has 0 bridgehead atoms. The van der Waals surface area contributed by atoms with Gasteiger partial charge in [-0.1, -0.05) is 11.6 Å². The molecule has 33 heavy (non-hydrogen) atoms. The van der Waals surface area contributed by atoms with Gasteiger partial charge in [-0.15, -0.1) is 0 Å². The minimum atomic E-state index is -1.08. The van der Waals surface area contributed by atoms with Gasteiger partial charge >= 0.3 is 0 Å². The molecule has 176 valence electrons. The first-order valence-corrected chi connectivity index (χ1v) is 10.6. The largest absolute Gasteiger partial charge is 0.381 e. The fourth-order valence-electron chi connectivity index (χ4n) is 3.12. The van der Waals surface area contributed by atoms with Crippen molar-refractivity contribution in [1.29, 1.82) is 0 Å². The Kier molecular flexibility index (Phi) is 8.43. The zero-order valence-corrected chi connectivity index (χ0v) is 18.6. The molecular formula is C22H23ClF3N5O2. The van der Waals surface area contributed by atoms with E-state index in [9.17, 15) is 18.0 Å². The van der Waals surface area contributed by atoms with Crippen LogP contribution in [0.3, 0.4) is 0 Å². The molecule has 0 radical (unpaired) electrons. The van der Waals surface area contributed by atoms with E-state index >= 15 is 0 Å². The lowest BCUT2D eigenvalue weighted by molar-refractivity contribution is 0.102. The molecule has 0 aliphatic carbocycles. The second-order valence-electron chi connectivity index (χ2n) is 7.43. The molecule has 1 atom stereocenters. The summed E-state index contributed by atoms with van der Waals surface area (Å²) in [6, 6.07) is 4.09. The number of nitrogens with two attached hydrogens (primary N) is 1. The van der Waals surface area contributed by atoms with Crippen molar-refractivity contribution >= 4 is 23.2 Å². The van der Waals surface area contributed by atoms with Gasteiger partial charge in [-0.2, -0.15) is 5.10 Å². The van der Waals surface area contributed by atoms with Crippen molar-refractivity contribution in [1.82, 2.24) is 14.8 Å². The lowest BCUT2D eigenvalue weighted by Gasteiger charge is -2.09. The van der Waals surface area contributed by atoms with Crippen LogP contribution in [-0.4, -0.2) is 39.9 Å². The molecule has 7 nitrogen and oxygen atoms in total. The van der Waals surface area contributed by atoms with Crippen LogP contribution in [0.5, 0.6) is 0 Å². The van der Waals surface area contributed by atoms with E-state index in [1.54, 1.807) is 13.2 Å². The van der Waals surface area contributed by atoms with Crippen molar-refractivity contribution in [2.24, 2.45) is 12.8 Å². The Hall–Kier alpha value is -2.95. The molecule has 3 heterocycles. The number of pyridine rings is 1. The topological polar surface area (TPSA) is 95.1 Å². The van der Waals surface area contributed by atoms with Crippen molar-refractivity contribution in [2.75, 3.05) is 18.5 Å². The average molecular weight is 482 g/mol. The molecule has 3 N–H and O–H groups in total. The van der Waals surface area contributed by atoms with E-state index in [1.807, 2.05) is 0 Å². The van der Waals surface area contributed by atoms with Gasteiger partial charge in [-0.25, -0.2) is 18.2 Å². The number of benzene rings is 1. The fourth-order valence-corrected chi connectivity index (χ4v) is 3.31. The van der Waals surface area contributed by atoms with Crippen LogP contribution in [0.15, 0.2) is 36.7 Å². The van der Waals surface area contributed by atoms with Crippen LogP contribution in [0.25, 0.3) is 11.3 Å². The van der Waals surface area contributed by atoms with Crippen molar-refractivity contribution in [2.45, 2.75) is 25.3 Å². The molecule has 0 saturated carbocycles. The van der Waals surface area contributed by atoms with Gasteiger partial charge in [0.25, 0.3) is 5.91 Å². The molecule has 0 spiro atoms. The fraction of sp³-hybridized carbons (Fsp3) is 0.318. The Balaban J connectivity index is 0.000000323. The average Bonchev–Trinajstić information content (AvgIpc) is 3.00. The maximum Gasteiger partial charge on any atom is 0.274 e. The summed E-state index contributed by atoms with van der Waals surface area (Å²) in [7, 11) is 1.66. The van der Waals surface area contributed by atoms with Gasteiger partial charge in [0.15, 0.2) is 0 Å². The molecule has 3 aromatic rings. The monoisotopic (exact) mass is 481 g/mol. The molecule has 0 unspecified atom stereocenters. The summed E-state index contributed by atoms with van der Waals surface area (Å²) in [5.41, 5.74) is 4.52. The zero-order valence-electron chi connectivity index (χ0n) is 17.8. The number of anilines is 1. The van der Waals surface area contributed by atoms with Crippen molar-refractivity contribution in [3.05, 3.63) is 64.8 Å². The first kappa shape index (κ1) is 24.7. The number of rotatable bonds is 3. The number of hydrogen-bond donors (Lipinski definition) is 2. The third kappa shape index (κ3) is 6.77. The van der Waals surface area contributed by atoms with Crippen LogP contribution in [0.1, 0.15) is 29.8 Å². The van der Waals surface area contributed by atoms with Gasteiger partial charge in [0.05, 0.1) is 17.4 Å². The Labute approximate surface area is 193 Å². The summed E-state index contributed by atoms with van der Waals surface area (Å²) in [4.78, 5) is 16.0. The summed E-state index contributed by atoms with van der Waals surface area (Å²) >= 11 is 5.56. The third-order valence-electron chi connectivity index (χ3n) is 4.78. The van der Waals surface area contributed by atoms with E-state index in [2.05, 4.69) is 15.4 Å². The van der Waals surface area contributed by atoms with Gasteiger partial charge in [-0.05, 0) is 43.5 Å². The highest BCUT2D eigenvalue weighted by Gasteiger charge is 2.20. The number of halogens is 4. The second kappa shape index (κ2) is 11.3. The summed E-state index contributed by atoms with van der Waals surface area (Å²) in [5, 5.41) is 6.21. The maximum absolute atomic E-state index is 14.0.